The number of carbonyl (C=O) groups excluding carboxylic acids is 1. The molecule has 0 amide bonds. The predicted octanol–water partition coefficient (Wildman–Crippen LogP) is 1.80. The number of benzene rings is 1. The molecule has 78 valence electrons. The fourth-order valence-electron chi connectivity index (χ4n) is 1.08. The van der Waals surface area contributed by atoms with Crippen molar-refractivity contribution in [1.82, 2.24) is 0 Å². The molecule has 0 aliphatic rings. The lowest BCUT2D eigenvalue weighted by molar-refractivity contribution is 0.112. The van der Waals surface area contributed by atoms with Gasteiger partial charge in [0.1, 0.15) is 12.4 Å². The summed E-state index contributed by atoms with van der Waals surface area (Å²) < 4.78 is 10.3. The summed E-state index contributed by atoms with van der Waals surface area (Å²) in [6.45, 7) is 1.62. The molecule has 0 aliphatic carbocycles. The first-order valence-corrected chi connectivity index (χ1v) is 4.40. The summed E-state index contributed by atoms with van der Waals surface area (Å²) in [7, 11) is 1.50. The maximum Gasteiger partial charge on any atom is 0.181 e. The molecular weight excluding hydrogens is 194 g/mol. The molecular formula is C11H11NO3. The number of methoxy groups -OCH3 is 1. The summed E-state index contributed by atoms with van der Waals surface area (Å²) >= 11 is 0. The SMILES string of the molecule is COc1ccc(C=O)cc1OC(C)C#N. The van der Waals surface area contributed by atoms with E-state index in [1.165, 1.54) is 7.11 Å². The highest BCUT2D eigenvalue weighted by atomic mass is 16.5. The monoisotopic (exact) mass is 205 g/mol. The zero-order chi connectivity index (χ0) is 11.3. The topological polar surface area (TPSA) is 59.3 Å². The molecule has 0 saturated heterocycles. The summed E-state index contributed by atoms with van der Waals surface area (Å²) in [5.41, 5.74) is 0.482. The van der Waals surface area contributed by atoms with Gasteiger partial charge in [0.15, 0.2) is 17.6 Å². The van der Waals surface area contributed by atoms with Crippen molar-refractivity contribution >= 4 is 6.29 Å². The highest BCUT2D eigenvalue weighted by Crippen LogP contribution is 2.28. The van der Waals surface area contributed by atoms with Crippen LogP contribution in [0.1, 0.15) is 17.3 Å². The van der Waals surface area contributed by atoms with Gasteiger partial charge in [0.2, 0.25) is 0 Å². The minimum absolute atomic E-state index is 0.399. The first-order valence-electron chi connectivity index (χ1n) is 4.40. The van der Waals surface area contributed by atoms with Crippen LogP contribution in [0, 0.1) is 11.3 Å². The summed E-state index contributed by atoms with van der Waals surface area (Å²) in [6.07, 6.45) is 0.129. The van der Waals surface area contributed by atoms with Crippen LogP contribution < -0.4 is 9.47 Å². The Bertz CT molecular complexity index is 395. The van der Waals surface area contributed by atoms with Gasteiger partial charge in [-0.1, -0.05) is 0 Å². The molecule has 1 unspecified atom stereocenters. The first kappa shape index (κ1) is 11.1. The minimum Gasteiger partial charge on any atom is -0.493 e. The van der Waals surface area contributed by atoms with E-state index in [4.69, 9.17) is 14.7 Å². The summed E-state index contributed by atoms with van der Waals surface area (Å²) in [6, 6.07) is 6.73. The van der Waals surface area contributed by atoms with E-state index in [0.717, 1.165) is 0 Å². The van der Waals surface area contributed by atoms with Gasteiger partial charge in [0.05, 0.1) is 7.11 Å². The van der Waals surface area contributed by atoms with E-state index in [2.05, 4.69) is 0 Å². The minimum atomic E-state index is -0.583. The van der Waals surface area contributed by atoms with Crippen LogP contribution in [0.2, 0.25) is 0 Å². The van der Waals surface area contributed by atoms with E-state index >= 15 is 0 Å². The molecule has 1 rings (SSSR count). The third-order valence-corrected chi connectivity index (χ3v) is 1.81. The lowest BCUT2D eigenvalue weighted by Gasteiger charge is -2.11. The summed E-state index contributed by atoms with van der Waals surface area (Å²) in [4.78, 5) is 10.6. The molecule has 15 heavy (non-hydrogen) atoms. The smallest absolute Gasteiger partial charge is 0.181 e. The van der Waals surface area contributed by atoms with Gasteiger partial charge in [0, 0.05) is 5.56 Å². The number of hydrogen-bond acceptors (Lipinski definition) is 4. The molecule has 1 atom stereocenters. The van der Waals surface area contributed by atoms with Crippen LogP contribution in [0.25, 0.3) is 0 Å². The van der Waals surface area contributed by atoms with Crippen molar-refractivity contribution in [3.8, 4) is 17.6 Å². The number of hydrogen-bond donors (Lipinski definition) is 0. The highest BCUT2D eigenvalue weighted by molar-refractivity contribution is 5.76. The molecule has 0 radical (unpaired) electrons. The third-order valence-electron chi connectivity index (χ3n) is 1.81. The van der Waals surface area contributed by atoms with Crippen LogP contribution in [0.4, 0.5) is 0 Å². The van der Waals surface area contributed by atoms with Gasteiger partial charge in [0.25, 0.3) is 0 Å². The molecule has 0 bridgehead atoms. The second-order valence-corrected chi connectivity index (χ2v) is 2.92. The van der Waals surface area contributed by atoms with Crippen molar-refractivity contribution in [3.63, 3.8) is 0 Å². The van der Waals surface area contributed by atoms with Gasteiger partial charge >= 0.3 is 0 Å². The van der Waals surface area contributed by atoms with E-state index in [-0.39, 0.29) is 0 Å². The highest BCUT2D eigenvalue weighted by Gasteiger charge is 2.08. The van der Waals surface area contributed by atoms with E-state index < -0.39 is 6.10 Å². The number of rotatable bonds is 4. The standard InChI is InChI=1S/C11H11NO3/c1-8(6-12)15-11-5-9(7-13)3-4-10(11)14-2/h3-5,7-8H,1-2H3. The molecule has 0 N–H and O–H groups in total. The van der Waals surface area contributed by atoms with Crippen LogP contribution >= 0.6 is 0 Å². The Labute approximate surface area is 88.0 Å². The average molecular weight is 205 g/mol. The maximum absolute atomic E-state index is 10.6. The van der Waals surface area contributed by atoms with Crippen LogP contribution in [-0.4, -0.2) is 19.5 Å². The van der Waals surface area contributed by atoms with Crippen molar-refractivity contribution in [2.24, 2.45) is 0 Å². The average Bonchev–Trinajstić information content (AvgIpc) is 2.28. The zero-order valence-corrected chi connectivity index (χ0v) is 8.56. The first-order chi connectivity index (χ1) is 7.21. The molecule has 0 fully saturated rings. The molecule has 0 saturated carbocycles. The molecule has 1 aromatic carbocycles. The lowest BCUT2D eigenvalue weighted by atomic mass is 10.2. The molecule has 0 spiro atoms. The van der Waals surface area contributed by atoms with E-state index in [9.17, 15) is 4.79 Å². The fraction of sp³-hybridized carbons (Fsp3) is 0.273. The second-order valence-electron chi connectivity index (χ2n) is 2.92. The van der Waals surface area contributed by atoms with Crippen LogP contribution in [0.3, 0.4) is 0 Å². The molecule has 4 heteroatoms. The molecule has 1 aromatic rings. The molecule has 0 aliphatic heterocycles. The lowest BCUT2D eigenvalue weighted by Crippen LogP contribution is -2.09. The number of ether oxygens (including phenoxy) is 2. The van der Waals surface area contributed by atoms with E-state index in [0.29, 0.717) is 23.3 Å². The van der Waals surface area contributed by atoms with Crippen molar-refractivity contribution in [1.29, 1.82) is 5.26 Å². The molecule has 4 nitrogen and oxygen atoms in total. The Morgan fingerprint density at radius 2 is 2.20 bits per heavy atom. The fourth-order valence-corrected chi connectivity index (χ4v) is 1.08. The van der Waals surface area contributed by atoms with Gasteiger partial charge in [-0.15, -0.1) is 0 Å². The number of aldehydes is 1. The Morgan fingerprint density at radius 3 is 2.73 bits per heavy atom. The summed E-state index contributed by atoms with van der Waals surface area (Å²) in [5, 5.41) is 8.60. The van der Waals surface area contributed by atoms with Crippen molar-refractivity contribution in [3.05, 3.63) is 23.8 Å². The van der Waals surface area contributed by atoms with Gasteiger partial charge < -0.3 is 9.47 Å². The Kier molecular flexibility index (Phi) is 3.69. The van der Waals surface area contributed by atoms with Crippen LogP contribution in [0.15, 0.2) is 18.2 Å². The molecule has 0 heterocycles. The van der Waals surface area contributed by atoms with Gasteiger partial charge in [-0.05, 0) is 25.1 Å². The number of nitrogens with zero attached hydrogens (tertiary/aromatic N) is 1. The maximum atomic E-state index is 10.6. The summed E-state index contributed by atoms with van der Waals surface area (Å²) in [5.74, 6) is 0.902. The Balaban J connectivity index is 3.02. The van der Waals surface area contributed by atoms with Gasteiger partial charge in [-0.3, -0.25) is 4.79 Å². The Hall–Kier alpha value is -2.02. The van der Waals surface area contributed by atoms with Gasteiger partial charge in [-0.2, -0.15) is 5.26 Å². The van der Waals surface area contributed by atoms with Crippen molar-refractivity contribution in [2.45, 2.75) is 13.0 Å². The zero-order valence-electron chi connectivity index (χ0n) is 8.56. The van der Waals surface area contributed by atoms with Crippen LogP contribution in [-0.2, 0) is 0 Å². The number of nitriles is 1. The van der Waals surface area contributed by atoms with Gasteiger partial charge in [-0.25, -0.2) is 0 Å². The van der Waals surface area contributed by atoms with Crippen LogP contribution in [0.5, 0.6) is 11.5 Å². The predicted molar refractivity (Wildman–Crippen MR) is 54.1 cm³/mol. The van der Waals surface area contributed by atoms with E-state index in [1.807, 2.05) is 6.07 Å². The second kappa shape index (κ2) is 5.01. The normalized spacial score (nSPS) is 11.3. The van der Waals surface area contributed by atoms with Crippen molar-refractivity contribution in [2.75, 3.05) is 7.11 Å². The quantitative estimate of drug-likeness (QED) is 0.703. The largest absolute Gasteiger partial charge is 0.493 e. The van der Waals surface area contributed by atoms with E-state index in [1.54, 1.807) is 25.1 Å². The Morgan fingerprint density at radius 1 is 1.47 bits per heavy atom. The molecule has 0 aromatic heterocycles. The third kappa shape index (κ3) is 2.71. The number of carbonyl (C=O) groups is 1. The van der Waals surface area contributed by atoms with Crippen molar-refractivity contribution < 1.29 is 14.3 Å².